The van der Waals surface area contributed by atoms with Crippen molar-refractivity contribution >= 4 is 5.69 Å². The lowest BCUT2D eigenvalue weighted by Crippen LogP contribution is -2.40. The lowest BCUT2D eigenvalue weighted by molar-refractivity contribution is -0.385. The minimum absolute atomic E-state index is 0.0767. The molecule has 9 nitrogen and oxygen atoms in total. The molecule has 0 bridgehead atoms. The van der Waals surface area contributed by atoms with E-state index in [9.17, 15) is 19.7 Å². The second-order valence-electron chi connectivity index (χ2n) is 4.88. The first-order valence-corrected chi connectivity index (χ1v) is 6.98. The molecule has 2 aromatic rings. The Labute approximate surface area is 136 Å². The Morgan fingerprint density at radius 1 is 1.38 bits per heavy atom. The third-order valence-corrected chi connectivity index (χ3v) is 3.48. The number of nitriles is 1. The molecule has 0 saturated heterocycles. The summed E-state index contributed by atoms with van der Waals surface area (Å²) >= 11 is 0. The summed E-state index contributed by atoms with van der Waals surface area (Å²) in [4.78, 5) is 35.0. The number of nitro benzene ring substituents is 1. The Morgan fingerprint density at radius 3 is 2.62 bits per heavy atom. The van der Waals surface area contributed by atoms with Crippen LogP contribution in [0.25, 0.3) is 0 Å². The van der Waals surface area contributed by atoms with Gasteiger partial charge in [-0.2, -0.15) is 5.26 Å². The summed E-state index contributed by atoms with van der Waals surface area (Å²) in [7, 11) is 1.31. The van der Waals surface area contributed by atoms with Gasteiger partial charge < -0.3 is 4.74 Å². The van der Waals surface area contributed by atoms with E-state index in [1.165, 1.54) is 36.1 Å². The van der Waals surface area contributed by atoms with Gasteiger partial charge in [0.1, 0.15) is 11.6 Å². The average Bonchev–Trinajstić information content (AvgIpc) is 2.58. The number of aryl methyl sites for hydroxylation is 1. The number of benzene rings is 1. The van der Waals surface area contributed by atoms with Gasteiger partial charge in [0, 0.05) is 18.8 Å². The highest BCUT2D eigenvalue weighted by molar-refractivity contribution is 5.48. The van der Waals surface area contributed by atoms with Crippen molar-refractivity contribution in [1.82, 2.24) is 9.13 Å². The molecule has 0 aliphatic rings. The van der Waals surface area contributed by atoms with Gasteiger partial charge in [-0.1, -0.05) is 6.07 Å². The van der Waals surface area contributed by atoms with Crippen molar-refractivity contribution in [3.05, 3.63) is 66.5 Å². The van der Waals surface area contributed by atoms with Gasteiger partial charge in [0.15, 0.2) is 5.75 Å². The predicted octanol–water partition coefficient (Wildman–Crippen LogP) is 0.867. The molecule has 0 N–H and O–H groups in total. The first-order chi connectivity index (χ1) is 11.4. The molecule has 0 spiro atoms. The molecule has 0 aliphatic carbocycles. The van der Waals surface area contributed by atoms with E-state index >= 15 is 0 Å². The molecule has 0 fully saturated rings. The van der Waals surface area contributed by atoms with Crippen molar-refractivity contribution in [2.45, 2.75) is 20.0 Å². The lowest BCUT2D eigenvalue weighted by Gasteiger charge is -2.10. The predicted molar refractivity (Wildman–Crippen MR) is 84.1 cm³/mol. The third-order valence-electron chi connectivity index (χ3n) is 3.48. The van der Waals surface area contributed by atoms with E-state index < -0.39 is 16.2 Å². The molecule has 0 aliphatic heterocycles. The summed E-state index contributed by atoms with van der Waals surface area (Å²) in [6, 6.07) is 5.90. The number of aromatic nitrogens is 2. The monoisotopic (exact) mass is 330 g/mol. The van der Waals surface area contributed by atoms with Gasteiger partial charge in [-0.3, -0.25) is 24.0 Å². The Bertz CT molecular complexity index is 952. The average molecular weight is 330 g/mol. The van der Waals surface area contributed by atoms with Crippen LogP contribution in [0.3, 0.4) is 0 Å². The maximum Gasteiger partial charge on any atom is 0.331 e. The van der Waals surface area contributed by atoms with Gasteiger partial charge in [0.2, 0.25) is 0 Å². The van der Waals surface area contributed by atoms with Crippen LogP contribution in [-0.4, -0.2) is 21.2 Å². The largest absolute Gasteiger partial charge is 0.490 e. The Hall–Kier alpha value is -3.41. The van der Waals surface area contributed by atoms with E-state index in [-0.39, 0.29) is 30.1 Å². The molecule has 124 valence electrons. The maximum atomic E-state index is 12.3. The molecule has 0 saturated carbocycles. The molecule has 24 heavy (non-hydrogen) atoms. The number of rotatable bonds is 5. The highest BCUT2D eigenvalue weighted by Gasteiger charge is 2.17. The molecule has 1 aromatic heterocycles. The van der Waals surface area contributed by atoms with Gasteiger partial charge in [0.25, 0.3) is 5.56 Å². The van der Waals surface area contributed by atoms with Gasteiger partial charge in [-0.25, -0.2) is 4.79 Å². The molecule has 1 heterocycles. The fourth-order valence-electron chi connectivity index (χ4n) is 2.26. The molecule has 1 aromatic carbocycles. The van der Waals surface area contributed by atoms with Crippen LogP contribution in [0.1, 0.15) is 18.1 Å². The topological polar surface area (TPSA) is 120 Å². The summed E-state index contributed by atoms with van der Waals surface area (Å²) in [6.45, 7) is 1.81. The fourth-order valence-corrected chi connectivity index (χ4v) is 2.26. The molecular formula is C15H14N4O5. The first-order valence-electron chi connectivity index (χ1n) is 6.98. The van der Waals surface area contributed by atoms with Crippen molar-refractivity contribution in [1.29, 1.82) is 5.26 Å². The summed E-state index contributed by atoms with van der Waals surface area (Å²) in [6.07, 6.45) is 1.21. The highest BCUT2D eigenvalue weighted by atomic mass is 16.6. The van der Waals surface area contributed by atoms with Gasteiger partial charge in [0.05, 0.1) is 18.6 Å². The molecule has 9 heteroatoms. The highest BCUT2D eigenvalue weighted by Crippen LogP contribution is 2.27. The summed E-state index contributed by atoms with van der Waals surface area (Å²) < 4.78 is 7.03. The van der Waals surface area contributed by atoms with E-state index in [0.717, 1.165) is 4.57 Å². The maximum absolute atomic E-state index is 12.3. The van der Waals surface area contributed by atoms with Crippen LogP contribution in [0, 0.1) is 21.4 Å². The smallest absolute Gasteiger partial charge is 0.331 e. The zero-order valence-corrected chi connectivity index (χ0v) is 13.1. The van der Waals surface area contributed by atoms with E-state index in [1.54, 1.807) is 13.0 Å². The summed E-state index contributed by atoms with van der Waals surface area (Å²) in [5.74, 6) is 0.0767. The van der Waals surface area contributed by atoms with Crippen molar-refractivity contribution in [2.75, 3.05) is 7.11 Å². The van der Waals surface area contributed by atoms with Crippen molar-refractivity contribution < 1.29 is 9.66 Å². The third kappa shape index (κ3) is 3.03. The van der Waals surface area contributed by atoms with E-state index in [2.05, 4.69) is 0 Å². The van der Waals surface area contributed by atoms with Crippen LogP contribution < -0.4 is 16.0 Å². The van der Waals surface area contributed by atoms with Crippen molar-refractivity contribution in [3.63, 3.8) is 0 Å². The van der Waals surface area contributed by atoms with Crippen LogP contribution in [0.4, 0.5) is 5.69 Å². The number of hydrogen-bond acceptors (Lipinski definition) is 6. The minimum Gasteiger partial charge on any atom is -0.490 e. The fraction of sp³-hybridized carbons (Fsp3) is 0.267. The SMILES string of the molecule is CCn1cc(C#N)c(=O)n(Cc2ccc(OC)c([N+](=O)[O-])c2)c1=O. The number of hydrogen-bond donors (Lipinski definition) is 0. The number of nitro groups is 1. The zero-order valence-electron chi connectivity index (χ0n) is 13.1. The van der Waals surface area contributed by atoms with Gasteiger partial charge in [-0.15, -0.1) is 0 Å². The van der Waals surface area contributed by atoms with Crippen LogP contribution in [0.15, 0.2) is 34.0 Å². The number of methoxy groups -OCH3 is 1. The standard InChI is InChI=1S/C15H14N4O5/c1-3-17-9-11(7-16)14(20)18(15(17)21)8-10-4-5-13(24-2)12(6-10)19(22)23/h4-6,9H,3,8H2,1-2H3. The molecular weight excluding hydrogens is 316 g/mol. The molecule has 2 rings (SSSR count). The van der Waals surface area contributed by atoms with Crippen LogP contribution in [-0.2, 0) is 13.1 Å². The van der Waals surface area contributed by atoms with Gasteiger partial charge >= 0.3 is 11.4 Å². The lowest BCUT2D eigenvalue weighted by atomic mass is 10.2. The van der Waals surface area contributed by atoms with Crippen LogP contribution in [0.2, 0.25) is 0 Å². The summed E-state index contributed by atoms with van der Waals surface area (Å²) in [5, 5.41) is 20.1. The Kier molecular flexibility index (Phi) is 4.79. The van der Waals surface area contributed by atoms with Crippen molar-refractivity contribution in [2.24, 2.45) is 0 Å². The Balaban J connectivity index is 2.59. The second-order valence-corrected chi connectivity index (χ2v) is 4.88. The first kappa shape index (κ1) is 17.0. The van der Waals surface area contributed by atoms with Gasteiger partial charge in [-0.05, 0) is 18.6 Å². The van der Waals surface area contributed by atoms with E-state index in [1.807, 2.05) is 0 Å². The Morgan fingerprint density at radius 2 is 2.08 bits per heavy atom. The van der Waals surface area contributed by atoms with E-state index in [4.69, 9.17) is 10.00 Å². The zero-order chi connectivity index (χ0) is 17.9. The van der Waals surface area contributed by atoms with Crippen LogP contribution >= 0.6 is 0 Å². The van der Waals surface area contributed by atoms with E-state index in [0.29, 0.717) is 5.56 Å². The number of nitrogens with zero attached hydrogens (tertiary/aromatic N) is 4. The quantitative estimate of drug-likeness (QED) is 0.592. The van der Waals surface area contributed by atoms with Crippen molar-refractivity contribution in [3.8, 4) is 11.8 Å². The molecule has 0 radical (unpaired) electrons. The van der Waals surface area contributed by atoms with Crippen LogP contribution in [0.5, 0.6) is 5.75 Å². The molecule has 0 amide bonds. The second kappa shape index (κ2) is 6.78. The molecule has 0 unspecified atom stereocenters. The number of ether oxygens (including phenoxy) is 1. The normalized spacial score (nSPS) is 10.2. The minimum atomic E-state index is -0.731. The summed E-state index contributed by atoms with van der Waals surface area (Å²) in [5.41, 5.74) is -1.38. The molecule has 0 atom stereocenters.